The van der Waals surface area contributed by atoms with Crippen molar-refractivity contribution in [3.05, 3.63) is 89.2 Å². The first-order valence-corrected chi connectivity index (χ1v) is 10.8. The third-order valence-corrected chi connectivity index (χ3v) is 5.99. The number of carbonyl (C=O) groups excluding carboxylic acids is 2. The number of aromatic nitrogens is 2. The average molecular weight is 417 g/mol. The Balaban J connectivity index is 1.30. The molecule has 3 aromatic rings. The number of aryl methyl sites for hydroxylation is 1. The van der Waals surface area contributed by atoms with E-state index in [1.165, 1.54) is 0 Å². The normalized spacial score (nSPS) is 14.4. The van der Waals surface area contributed by atoms with Crippen LogP contribution in [0.1, 0.15) is 39.9 Å². The minimum atomic E-state index is -0.0563. The van der Waals surface area contributed by atoms with E-state index in [9.17, 15) is 9.59 Å². The minimum absolute atomic E-state index is 0.0563. The summed E-state index contributed by atoms with van der Waals surface area (Å²) in [6.07, 6.45) is 5.08. The van der Waals surface area contributed by atoms with Crippen LogP contribution in [-0.2, 0) is 17.9 Å². The van der Waals surface area contributed by atoms with E-state index in [4.69, 9.17) is 0 Å². The zero-order valence-electron chi connectivity index (χ0n) is 17.8. The van der Waals surface area contributed by atoms with Crippen molar-refractivity contribution in [1.29, 1.82) is 0 Å². The molecule has 1 saturated heterocycles. The first-order chi connectivity index (χ1) is 15.1. The number of piperidine rings is 1. The van der Waals surface area contributed by atoms with Crippen LogP contribution >= 0.6 is 0 Å². The Morgan fingerprint density at radius 1 is 1.00 bits per heavy atom. The van der Waals surface area contributed by atoms with Gasteiger partial charge in [0.25, 0.3) is 5.91 Å². The van der Waals surface area contributed by atoms with Crippen LogP contribution < -0.4 is 5.32 Å². The molecule has 0 aliphatic carbocycles. The van der Waals surface area contributed by atoms with Gasteiger partial charge in [-0.3, -0.25) is 14.3 Å². The molecule has 1 aromatic heterocycles. The molecule has 4 rings (SSSR count). The van der Waals surface area contributed by atoms with Gasteiger partial charge < -0.3 is 10.2 Å². The number of hydrogen-bond donors (Lipinski definition) is 1. The first kappa shape index (κ1) is 20.8. The van der Waals surface area contributed by atoms with Gasteiger partial charge in [0.05, 0.1) is 6.54 Å². The summed E-state index contributed by atoms with van der Waals surface area (Å²) in [7, 11) is 0. The molecule has 1 fully saturated rings. The Hall–Kier alpha value is -3.41. The van der Waals surface area contributed by atoms with E-state index in [0.29, 0.717) is 39.0 Å². The zero-order chi connectivity index (χ0) is 21.6. The number of nitrogens with zero attached hydrogens (tertiary/aromatic N) is 3. The van der Waals surface area contributed by atoms with Crippen molar-refractivity contribution in [3.8, 4) is 0 Å². The highest BCUT2D eigenvalue weighted by Crippen LogP contribution is 2.21. The Kier molecular flexibility index (Phi) is 6.46. The van der Waals surface area contributed by atoms with Gasteiger partial charge in [-0.1, -0.05) is 42.5 Å². The summed E-state index contributed by atoms with van der Waals surface area (Å²) in [4.78, 5) is 27.4. The lowest BCUT2D eigenvalue weighted by molar-refractivity contribution is -0.126. The number of nitrogens with one attached hydrogen (secondary N) is 1. The van der Waals surface area contributed by atoms with E-state index in [1.807, 2.05) is 71.2 Å². The summed E-state index contributed by atoms with van der Waals surface area (Å²) in [5, 5.41) is 7.37. The number of benzene rings is 2. The summed E-state index contributed by atoms with van der Waals surface area (Å²) in [5.74, 6) is 0.0700. The van der Waals surface area contributed by atoms with E-state index >= 15 is 0 Å². The molecule has 2 aromatic carbocycles. The fourth-order valence-corrected chi connectivity index (χ4v) is 4.11. The second kappa shape index (κ2) is 9.60. The molecule has 160 valence electrons. The number of likely N-dealkylation sites (tertiary alicyclic amines) is 1. The van der Waals surface area contributed by atoms with Crippen molar-refractivity contribution in [1.82, 2.24) is 20.0 Å². The molecule has 2 heterocycles. The number of hydrogen-bond acceptors (Lipinski definition) is 3. The van der Waals surface area contributed by atoms with E-state index in [-0.39, 0.29) is 17.7 Å². The van der Waals surface area contributed by atoms with Gasteiger partial charge >= 0.3 is 0 Å². The lowest BCUT2D eigenvalue weighted by Gasteiger charge is -2.31. The molecule has 0 bridgehead atoms. The van der Waals surface area contributed by atoms with Crippen LogP contribution in [0.15, 0.2) is 67.0 Å². The second-order valence-electron chi connectivity index (χ2n) is 8.07. The van der Waals surface area contributed by atoms with Gasteiger partial charge in [-0.15, -0.1) is 0 Å². The Morgan fingerprint density at radius 3 is 2.42 bits per heavy atom. The van der Waals surface area contributed by atoms with Crippen molar-refractivity contribution >= 4 is 11.8 Å². The Morgan fingerprint density at radius 2 is 1.71 bits per heavy atom. The third kappa shape index (κ3) is 5.02. The van der Waals surface area contributed by atoms with Crippen LogP contribution in [0.3, 0.4) is 0 Å². The maximum absolute atomic E-state index is 12.8. The van der Waals surface area contributed by atoms with Gasteiger partial charge in [0.2, 0.25) is 5.91 Å². The molecule has 0 radical (unpaired) electrons. The van der Waals surface area contributed by atoms with Crippen molar-refractivity contribution in [3.63, 3.8) is 0 Å². The Labute approximate surface area is 182 Å². The van der Waals surface area contributed by atoms with Gasteiger partial charge in [-0.25, -0.2) is 0 Å². The minimum Gasteiger partial charge on any atom is -0.352 e. The van der Waals surface area contributed by atoms with Crippen LogP contribution in [0, 0.1) is 12.8 Å². The fraction of sp³-hybridized carbons (Fsp3) is 0.320. The number of amides is 2. The lowest BCUT2D eigenvalue weighted by Crippen LogP contribution is -2.43. The zero-order valence-corrected chi connectivity index (χ0v) is 17.8. The fourth-order valence-electron chi connectivity index (χ4n) is 4.11. The molecule has 1 aliphatic heterocycles. The molecule has 0 saturated carbocycles. The van der Waals surface area contributed by atoms with E-state index in [0.717, 1.165) is 22.3 Å². The predicted octanol–water partition coefficient (Wildman–Crippen LogP) is 3.41. The highest BCUT2D eigenvalue weighted by molar-refractivity contribution is 5.95. The molecule has 31 heavy (non-hydrogen) atoms. The molecular weight excluding hydrogens is 388 g/mol. The van der Waals surface area contributed by atoms with Crippen molar-refractivity contribution in [2.75, 3.05) is 13.1 Å². The molecule has 1 N–H and O–H groups in total. The molecule has 0 unspecified atom stereocenters. The molecular formula is C25H28N4O2. The highest BCUT2D eigenvalue weighted by atomic mass is 16.2. The summed E-state index contributed by atoms with van der Waals surface area (Å²) in [5.41, 5.74) is 3.98. The largest absolute Gasteiger partial charge is 0.352 e. The molecule has 1 aliphatic rings. The van der Waals surface area contributed by atoms with Gasteiger partial charge in [-0.05, 0) is 48.6 Å². The molecule has 0 spiro atoms. The van der Waals surface area contributed by atoms with E-state index < -0.39 is 0 Å². The van der Waals surface area contributed by atoms with Crippen LogP contribution in [0.25, 0.3) is 0 Å². The average Bonchev–Trinajstić information content (AvgIpc) is 3.31. The van der Waals surface area contributed by atoms with Crippen molar-refractivity contribution in [2.45, 2.75) is 32.9 Å². The van der Waals surface area contributed by atoms with Crippen LogP contribution in [-0.4, -0.2) is 39.6 Å². The summed E-state index contributed by atoms with van der Waals surface area (Å²) in [6.45, 7) is 4.36. The summed E-state index contributed by atoms with van der Waals surface area (Å²) < 4.78 is 1.88. The smallest absolute Gasteiger partial charge is 0.254 e. The van der Waals surface area contributed by atoms with Crippen molar-refractivity contribution < 1.29 is 9.59 Å². The lowest BCUT2D eigenvalue weighted by atomic mass is 9.95. The second-order valence-corrected chi connectivity index (χ2v) is 8.07. The SMILES string of the molecule is Cc1ccccc1C(=O)N1CCC(C(=O)NCc2ccccc2Cn2cccn2)CC1. The van der Waals surface area contributed by atoms with Gasteiger partial charge in [0.15, 0.2) is 0 Å². The first-order valence-electron chi connectivity index (χ1n) is 10.8. The van der Waals surface area contributed by atoms with Crippen LogP contribution in [0.5, 0.6) is 0 Å². The van der Waals surface area contributed by atoms with Crippen LogP contribution in [0.4, 0.5) is 0 Å². The van der Waals surface area contributed by atoms with Crippen molar-refractivity contribution in [2.24, 2.45) is 5.92 Å². The van der Waals surface area contributed by atoms with Gasteiger partial charge in [-0.2, -0.15) is 5.10 Å². The van der Waals surface area contributed by atoms with Gasteiger partial charge in [0.1, 0.15) is 0 Å². The third-order valence-electron chi connectivity index (χ3n) is 5.99. The van der Waals surface area contributed by atoms with Gasteiger partial charge in [0, 0.05) is 43.5 Å². The summed E-state index contributed by atoms with van der Waals surface area (Å²) >= 11 is 0. The monoisotopic (exact) mass is 416 g/mol. The molecule has 2 amide bonds. The molecule has 6 heteroatoms. The maximum Gasteiger partial charge on any atom is 0.254 e. The van der Waals surface area contributed by atoms with E-state index in [2.05, 4.69) is 16.5 Å². The van der Waals surface area contributed by atoms with E-state index in [1.54, 1.807) is 6.20 Å². The number of carbonyl (C=O) groups is 2. The Bertz CT molecular complexity index is 1040. The molecule has 6 nitrogen and oxygen atoms in total. The topological polar surface area (TPSA) is 67.2 Å². The van der Waals surface area contributed by atoms with Crippen LogP contribution in [0.2, 0.25) is 0 Å². The highest BCUT2D eigenvalue weighted by Gasteiger charge is 2.28. The maximum atomic E-state index is 12.8. The standard InChI is InChI=1S/C25H28N4O2/c1-19-7-2-5-10-23(19)25(31)28-15-11-20(12-16-28)24(30)26-17-21-8-3-4-9-22(21)18-29-14-6-13-27-29/h2-10,13-14,20H,11-12,15-18H2,1H3,(H,26,30). The predicted molar refractivity (Wildman–Crippen MR) is 119 cm³/mol. The quantitative estimate of drug-likeness (QED) is 0.670. The molecule has 0 atom stereocenters. The summed E-state index contributed by atoms with van der Waals surface area (Å²) in [6, 6.07) is 17.7. The number of rotatable bonds is 6.